The fourth-order valence-corrected chi connectivity index (χ4v) is 1.89. The maximum absolute atomic E-state index is 11.8. The molecule has 18 heavy (non-hydrogen) atoms. The number of carbonyl (C=O) groups is 1. The van der Waals surface area contributed by atoms with E-state index in [-0.39, 0.29) is 44.9 Å². The van der Waals surface area contributed by atoms with Gasteiger partial charge in [0, 0.05) is 32.7 Å². The molecule has 1 aliphatic heterocycles. The minimum atomic E-state index is -1.47. The summed E-state index contributed by atoms with van der Waals surface area (Å²) in [6.07, 6.45) is 2.56. The van der Waals surface area contributed by atoms with Gasteiger partial charge in [0.1, 0.15) is 5.56 Å². The Morgan fingerprint density at radius 3 is 2.61 bits per heavy atom. The molecule has 1 aromatic rings. The molecule has 0 amide bonds. The minimum absolute atomic E-state index is 0. The number of ether oxygens (including phenoxy) is 1. The van der Waals surface area contributed by atoms with Gasteiger partial charge >= 0.3 is 5.97 Å². The third kappa shape index (κ3) is 2.08. The van der Waals surface area contributed by atoms with Crippen LogP contribution >= 0.6 is 0 Å². The molecule has 0 spiro atoms. The molecule has 0 saturated carbocycles. The van der Waals surface area contributed by atoms with Crippen LogP contribution in [0.2, 0.25) is 0 Å². The average Bonchev–Trinajstić information content (AvgIpc) is 2.31. The van der Waals surface area contributed by atoms with E-state index in [1.165, 1.54) is 13.0 Å². The Morgan fingerprint density at radius 2 is 2.00 bits per heavy atom. The van der Waals surface area contributed by atoms with Crippen LogP contribution < -0.4 is 5.56 Å². The second-order valence-corrected chi connectivity index (χ2v) is 4.91. The summed E-state index contributed by atoms with van der Waals surface area (Å²) >= 11 is 0. The Hall–Kier alpha value is -0.516. The van der Waals surface area contributed by atoms with E-state index >= 15 is 0 Å². The van der Waals surface area contributed by atoms with Crippen LogP contribution in [0.25, 0.3) is 0 Å². The predicted octanol–water partition coefficient (Wildman–Crippen LogP) is 0.463. The van der Waals surface area contributed by atoms with Crippen molar-refractivity contribution in [3.63, 3.8) is 0 Å². The van der Waals surface area contributed by atoms with Crippen molar-refractivity contribution < 1.29 is 47.3 Å². The molecular formula is C12H14NO4Y-. The van der Waals surface area contributed by atoms with Crippen LogP contribution in [0.5, 0.6) is 0 Å². The number of rotatable bonds is 0. The van der Waals surface area contributed by atoms with Crippen LogP contribution in [0.1, 0.15) is 31.9 Å². The number of hydrogen-bond acceptors (Lipinski definition) is 4. The van der Waals surface area contributed by atoms with Gasteiger partial charge in [0.15, 0.2) is 0 Å². The number of aromatic amines is 1. The number of hydrogen-bond donors (Lipinski definition) is 2. The number of carbonyl (C=O) groups excluding carboxylic acids is 1. The van der Waals surface area contributed by atoms with Crippen molar-refractivity contribution in [2.24, 2.45) is 5.41 Å². The second-order valence-electron chi connectivity index (χ2n) is 4.91. The summed E-state index contributed by atoms with van der Waals surface area (Å²) in [6.45, 7) is 4.56. The zero-order valence-corrected chi connectivity index (χ0v) is 13.4. The van der Waals surface area contributed by atoms with Gasteiger partial charge in [-0.05, 0) is 20.8 Å². The number of aromatic nitrogens is 1. The molecule has 5 nitrogen and oxygen atoms in total. The fraction of sp³-hybridized carbons (Fsp3) is 0.500. The molecule has 2 rings (SSSR count). The van der Waals surface area contributed by atoms with Crippen molar-refractivity contribution >= 4 is 5.97 Å². The quantitative estimate of drug-likeness (QED) is 0.537. The van der Waals surface area contributed by atoms with Crippen LogP contribution in [-0.2, 0) is 54.4 Å². The molecule has 2 N–H and O–H groups in total. The Labute approximate surface area is 130 Å². The van der Waals surface area contributed by atoms with E-state index in [1.807, 2.05) is 0 Å². The van der Waals surface area contributed by atoms with Gasteiger partial charge in [-0.25, -0.2) is 0 Å². The van der Waals surface area contributed by atoms with Crippen LogP contribution in [0.4, 0.5) is 0 Å². The molecule has 0 fully saturated rings. The number of cyclic esters (lactones) is 1. The molecule has 0 saturated heterocycles. The van der Waals surface area contributed by atoms with Crippen molar-refractivity contribution in [2.75, 3.05) is 0 Å². The van der Waals surface area contributed by atoms with Crippen molar-refractivity contribution in [1.29, 1.82) is 0 Å². The number of fused-ring (bicyclic) bond motifs is 1. The van der Waals surface area contributed by atoms with E-state index in [1.54, 1.807) is 13.8 Å². The molecule has 6 heteroatoms. The average molecular weight is 325 g/mol. The van der Waals surface area contributed by atoms with E-state index in [0.29, 0.717) is 5.56 Å². The van der Waals surface area contributed by atoms with Gasteiger partial charge in [0.25, 0.3) is 0 Å². The third-order valence-electron chi connectivity index (χ3n) is 3.60. The first-order valence-electron chi connectivity index (χ1n) is 5.31. The minimum Gasteiger partial charge on any atom is -0.462 e. The number of esters is 1. The molecule has 1 radical (unpaired) electrons. The van der Waals surface area contributed by atoms with Gasteiger partial charge in [-0.15, -0.1) is 11.8 Å². The maximum atomic E-state index is 11.8. The second kappa shape index (κ2) is 4.87. The topological polar surface area (TPSA) is 79.4 Å². The van der Waals surface area contributed by atoms with Gasteiger partial charge in [-0.2, -0.15) is 6.07 Å². The van der Waals surface area contributed by atoms with E-state index in [9.17, 15) is 14.7 Å². The van der Waals surface area contributed by atoms with Crippen molar-refractivity contribution in [2.45, 2.75) is 33.0 Å². The Balaban J connectivity index is 0.00000162. The Bertz CT molecular complexity index is 533. The summed E-state index contributed by atoms with van der Waals surface area (Å²) in [5.74, 6) is -0.530. The summed E-state index contributed by atoms with van der Waals surface area (Å²) in [7, 11) is 0. The molecule has 1 atom stereocenters. The van der Waals surface area contributed by atoms with Crippen molar-refractivity contribution in [3.8, 4) is 0 Å². The Kier molecular flexibility index (Phi) is 4.21. The molecule has 1 aromatic heterocycles. The van der Waals surface area contributed by atoms with Gasteiger partial charge in [0.05, 0.1) is 17.6 Å². The van der Waals surface area contributed by atoms with Crippen LogP contribution in [0, 0.1) is 11.6 Å². The normalized spacial score (nSPS) is 25.4. The zero-order valence-electron chi connectivity index (χ0n) is 10.5. The van der Waals surface area contributed by atoms with Gasteiger partial charge in [-0.1, -0.05) is 5.56 Å². The molecule has 0 bridgehead atoms. The summed E-state index contributed by atoms with van der Waals surface area (Å²) < 4.78 is 5.03. The van der Waals surface area contributed by atoms with E-state index in [4.69, 9.17) is 4.74 Å². The molecule has 1 unspecified atom stereocenters. The van der Waals surface area contributed by atoms with Crippen LogP contribution in [0.15, 0.2) is 10.9 Å². The smallest absolute Gasteiger partial charge is 0.313 e. The predicted molar refractivity (Wildman–Crippen MR) is 59.0 cm³/mol. The molecule has 0 aromatic carbocycles. The first kappa shape index (κ1) is 15.5. The fourth-order valence-electron chi connectivity index (χ4n) is 1.89. The molecule has 2 heterocycles. The maximum Gasteiger partial charge on any atom is 0.313 e. The largest absolute Gasteiger partial charge is 0.462 e. The van der Waals surface area contributed by atoms with Crippen molar-refractivity contribution in [3.05, 3.63) is 33.7 Å². The molecule has 1 aliphatic rings. The summed E-state index contributed by atoms with van der Waals surface area (Å²) in [6, 6.07) is 1.49. The van der Waals surface area contributed by atoms with E-state index in [0.717, 1.165) is 0 Å². The first-order chi connectivity index (χ1) is 7.78. The van der Waals surface area contributed by atoms with Gasteiger partial charge < -0.3 is 19.6 Å². The number of pyridine rings is 1. The monoisotopic (exact) mass is 325 g/mol. The standard InChI is InChI=1S/C12H14NO4.Y/c1-11(2)10(15)17-6-7-8(12(11,3)16)4-5-13-9(7)14;/h4,16H,6H2,1-3H3,(H,13,14);/q-1;. The number of nitrogens with one attached hydrogen (secondary N) is 1. The van der Waals surface area contributed by atoms with E-state index < -0.39 is 22.5 Å². The number of aliphatic hydroxyl groups is 1. The SMILES string of the molecule is CC1(C)C(=O)OCc2c(c[c-][nH]c2=O)C1(C)O.[Y]. The van der Waals surface area contributed by atoms with E-state index in [2.05, 4.69) is 11.2 Å². The third-order valence-corrected chi connectivity index (χ3v) is 3.60. The summed E-state index contributed by atoms with van der Waals surface area (Å²) in [5, 5.41) is 10.6. The van der Waals surface area contributed by atoms with Crippen molar-refractivity contribution in [1.82, 2.24) is 4.98 Å². The number of H-pyrrole nitrogens is 1. The zero-order chi connectivity index (χ0) is 12.8. The molecule has 95 valence electrons. The first-order valence-corrected chi connectivity index (χ1v) is 5.31. The molecule has 0 aliphatic carbocycles. The van der Waals surface area contributed by atoms with Crippen LogP contribution in [0.3, 0.4) is 0 Å². The van der Waals surface area contributed by atoms with Gasteiger partial charge in [-0.3, -0.25) is 4.79 Å². The molecular weight excluding hydrogens is 311 g/mol. The Morgan fingerprint density at radius 1 is 1.39 bits per heavy atom. The van der Waals surface area contributed by atoms with Gasteiger partial charge in [0.2, 0.25) is 0 Å². The van der Waals surface area contributed by atoms with Crippen LogP contribution in [-0.4, -0.2) is 16.1 Å². The summed E-state index contributed by atoms with van der Waals surface area (Å²) in [5.41, 5.74) is -2.33. The summed E-state index contributed by atoms with van der Waals surface area (Å²) in [4.78, 5) is 25.8.